The average molecular weight is 436 g/mol. The molecule has 0 aliphatic carbocycles. The predicted octanol–water partition coefficient (Wildman–Crippen LogP) is 3.36. The Hall–Kier alpha value is -2.09. The van der Waals surface area contributed by atoms with E-state index in [9.17, 15) is 4.79 Å². The van der Waals surface area contributed by atoms with Gasteiger partial charge in [0.2, 0.25) is 0 Å². The number of aromatic nitrogens is 1. The van der Waals surface area contributed by atoms with Crippen LogP contribution in [0.2, 0.25) is 0 Å². The van der Waals surface area contributed by atoms with Crippen LogP contribution in [0.1, 0.15) is 71.3 Å². The Bertz CT molecular complexity index is 688. The van der Waals surface area contributed by atoms with Gasteiger partial charge in [0.15, 0.2) is 5.96 Å². The number of unbranched alkanes of at least 4 members (excludes halogenated alkanes) is 3. The lowest BCUT2D eigenvalue weighted by Gasteiger charge is -2.36. The standard InChI is InChI=1S/C23H41N5O3/c1-6-24-22(25-12-10-8-7-9-11-21(29)30-23(3,4)5)28-15-13-27(14-16-28)18-20-17-19(2)31-26-20/h17H,6-16,18H2,1-5H3,(H,24,25). The van der Waals surface area contributed by atoms with E-state index >= 15 is 0 Å². The van der Waals surface area contributed by atoms with E-state index in [1.165, 1.54) is 0 Å². The van der Waals surface area contributed by atoms with Crippen molar-refractivity contribution in [3.63, 3.8) is 0 Å². The van der Waals surface area contributed by atoms with E-state index in [4.69, 9.17) is 14.3 Å². The minimum absolute atomic E-state index is 0.0993. The highest BCUT2D eigenvalue weighted by molar-refractivity contribution is 5.80. The minimum Gasteiger partial charge on any atom is -0.460 e. The van der Waals surface area contributed by atoms with E-state index < -0.39 is 5.60 Å². The van der Waals surface area contributed by atoms with E-state index in [1.807, 2.05) is 33.8 Å². The van der Waals surface area contributed by atoms with Crippen molar-refractivity contribution in [1.82, 2.24) is 20.3 Å². The van der Waals surface area contributed by atoms with E-state index in [2.05, 4.69) is 27.2 Å². The molecule has 0 atom stereocenters. The first-order chi connectivity index (χ1) is 14.8. The van der Waals surface area contributed by atoms with Crippen LogP contribution in [0.15, 0.2) is 15.6 Å². The summed E-state index contributed by atoms with van der Waals surface area (Å²) in [5, 5.41) is 7.53. The third-order valence-corrected chi connectivity index (χ3v) is 5.04. The van der Waals surface area contributed by atoms with Crippen LogP contribution >= 0.6 is 0 Å². The fourth-order valence-electron chi connectivity index (χ4n) is 3.58. The van der Waals surface area contributed by atoms with E-state index in [0.717, 1.165) is 88.9 Å². The monoisotopic (exact) mass is 435 g/mol. The quantitative estimate of drug-likeness (QED) is 0.261. The van der Waals surface area contributed by atoms with Crippen LogP contribution in [0.4, 0.5) is 0 Å². The Morgan fingerprint density at radius 3 is 2.52 bits per heavy atom. The zero-order valence-corrected chi connectivity index (χ0v) is 20.1. The highest BCUT2D eigenvalue weighted by atomic mass is 16.6. The normalized spacial score (nSPS) is 15.9. The molecule has 1 fully saturated rings. The third-order valence-electron chi connectivity index (χ3n) is 5.04. The fraction of sp³-hybridized carbons (Fsp3) is 0.783. The lowest BCUT2D eigenvalue weighted by molar-refractivity contribution is -0.154. The van der Waals surface area contributed by atoms with Crippen LogP contribution in [0.25, 0.3) is 0 Å². The first-order valence-electron chi connectivity index (χ1n) is 11.7. The third kappa shape index (κ3) is 10.2. The second-order valence-electron chi connectivity index (χ2n) is 9.18. The van der Waals surface area contributed by atoms with Gasteiger partial charge in [0, 0.05) is 58.3 Å². The van der Waals surface area contributed by atoms with Gasteiger partial charge >= 0.3 is 5.97 Å². The highest BCUT2D eigenvalue weighted by Gasteiger charge is 2.20. The molecule has 0 unspecified atom stereocenters. The molecule has 0 amide bonds. The van der Waals surface area contributed by atoms with Gasteiger partial charge in [0.25, 0.3) is 0 Å². The summed E-state index contributed by atoms with van der Waals surface area (Å²) in [5.41, 5.74) is 0.605. The van der Waals surface area contributed by atoms with Gasteiger partial charge in [-0.1, -0.05) is 18.0 Å². The number of aliphatic imine (C=N–C) groups is 1. The summed E-state index contributed by atoms with van der Waals surface area (Å²) in [6.07, 6.45) is 4.53. The number of guanidine groups is 1. The van der Waals surface area contributed by atoms with Crippen molar-refractivity contribution in [3.8, 4) is 0 Å². The number of ether oxygens (including phenoxy) is 1. The number of aryl methyl sites for hydroxylation is 1. The summed E-state index contributed by atoms with van der Waals surface area (Å²) in [4.78, 5) is 21.3. The maximum Gasteiger partial charge on any atom is 0.306 e. The molecule has 0 spiro atoms. The number of hydrogen-bond acceptors (Lipinski definition) is 6. The van der Waals surface area contributed by atoms with Crippen molar-refractivity contribution in [2.75, 3.05) is 39.3 Å². The Morgan fingerprint density at radius 1 is 1.19 bits per heavy atom. The molecule has 8 nitrogen and oxygen atoms in total. The number of rotatable bonds is 10. The van der Waals surface area contributed by atoms with Gasteiger partial charge in [0.1, 0.15) is 11.4 Å². The second-order valence-corrected chi connectivity index (χ2v) is 9.18. The number of carbonyl (C=O) groups excluding carboxylic acids is 1. The summed E-state index contributed by atoms with van der Waals surface area (Å²) >= 11 is 0. The smallest absolute Gasteiger partial charge is 0.306 e. The van der Waals surface area contributed by atoms with Crippen molar-refractivity contribution in [3.05, 3.63) is 17.5 Å². The van der Waals surface area contributed by atoms with Crippen molar-refractivity contribution in [2.45, 2.75) is 78.9 Å². The van der Waals surface area contributed by atoms with E-state index in [-0.39, 0.29) is 5.97 Å². The largest absolute Gasteiger partial charge is 0.460 e. The van der Waals surface area contributed by atoms with Gasteiger partial charge in [-0.2, -0.15) is 0 Å². The summed E-state index contributed by atoms with van der Waals surface area (Å²) < 4.78 is 10.5. The van der Waals surface area contributed by atoms with Crippen molar-refractivity contribution in [1.29, 1.82) is 0 Å². The molecule has 2 rings (SSSR count). The number of hydrogen-bond donors (Lipinski definition) is 1. The van der Waals surface area contributed by atoms with Crippen LogP contribution in [-0.4, -0.2) is 71.8 Å². The number of piperazine rings is 1. The maximum absolute atomic E-state index is 11.7. The van der Waals surface area contributed by atoms with E-state index in [0.29, 0.717) is 6.42 Å². The molecule has 1 aromatic heterocycles. The van der Waals surface area contributed by atoms with Crippen LogP contribution in [0.5, 0.6) is 0 Å². The van der Waals surface area contributed by atoms with Crippen LogP contribution in [0, 0.1) is 6.92 Å². The zero-order valence-electron chi connectivity index (χ0n) is 20.1. The molecule has 0 bridgehead atoms. The lowest BCUT2D eigenvalue weighted by atomic mass is 10.1. The maximum atomic E-state index is 11.7. The molecule has 0 radical (unpaired) electrons. The number of esters is 1. The fourth-order valence-corrected chi connectivity index (χ4v) is 3.58. The number of nitrogens with zero attached hydrogens (tertiary/aromatic N) is 4. The van der Waals surface area contributed by atoms with Gasteiger partial charge in [-0.05, 0) is 47.5 Å². The molecule has 176 valence electrons. The molecule has 31 heavy (non-hydrogen) atoms. The lowest BCUT2D eigenvalue weighted by Crippen LogP contribution is -2.52. The summed E-state index contributed by atoms with van der Waals surface area (Å²) in [6.45, 7) is 16.2. The van der Waals surface area contributed by atoms with Gasteiger partial charge in [-0.3, -0.25) is 14.7 Å². The zero-order chi connectivity index (χ0) is 22.7. The Labute approximate surface area is 187 Å². The van der Waals surface area contributed by atoms with Crippen LogP contribution in [0.3, 0.4) is 0 Å². The molecule has 1 aliphatic rings. The van der Waals surface area contributed by atoms with Crippen molar-refractivity contribution in [2.24, 2.45) is 4.99 Å². The molecule has 2 heterocycles. The van der Waals surface area contributed by atoms with Crippen molar-refractivity contribution >= 4 is 11.9 Å². The second kappa shape index (κ2) is 12.7. The Morgan fingerprint density at radius 2 is 1.90 bits per heavy atom. The predicted molar refractivity (Wildman–Crippen MR) is 123 cm³/mol. The average Bonchev–Trinajstić information content (AvgIpc) is 3.10. The molecular weight excluding hydrogens is 394 g/mol. The highest BCUT2D eigenvalue weighted by Crippen LogP contribution is 2.12. The molecule has 0 aromatic carbocycles. The Balaban J connectivity index is 1.64. The van der Waals surface area contributed by atoms with Crippen LogP contribution in [-0.2, 0) is 16.1 Å². The first kappa shape index (κ1) is 25.2. The molecule has 8 heteroatoms. The molecule has 1 aromatic rings. The molecule has 1 aliphatic heterocycles. The summed E-state index contributed by atoms with van der Waals surface area (Å²) in [5.74, 6) is 1.77. The SMILES string of the molecule is CCNC(=NCCCCCCC(=O)OC(C)(C)C)N1CCN(Cc2cc(C)on2)CC1. The van der Waals surface area contributed by atoms with Crippen LogP contribution < -0.4 is 5.32 Å². The summed E-state index contributed by atoms with van der Waals surface area (Å²) in [6, 6.07) is 2.01. The number of carbonyl (C=O) groups is 1. The molecule has 1 saturated heterocycles. The van der Waals surface area contributed by atoms with Crippen molar-refractivity contribution < 1.29 is 14.1 Å². The van der Waals surface area contributed by atoms with Gasteiger partial charge < -0.3 is 19.5 Å². The van der Waals surface area contributed by atoms with Gasteiger partial charge in [-0.15, -0.1) is 0 Å². The Kier molecular flexibility index (Phi) is 10.3. The van der Waals surface area contributed by atoms with Gasteiger partial charge in [-0.25, -0.2) is 0 Å². The first-order valence-corrected chi connectivity index (χ1v) is 11.7. The minimum atomic E-state index is -0.394. The number of nitrogens with one attached hydrogen (secondary N) is 1. The molecule has 1 N–H and O–H groups in total. The summed E-state index contributed by atoms with van der Waals surface area (Å²) in [7, 11) is 0. The topological polar surface area (TPSA) is 83.2 Å². The molecular formula is C23H41N5O3. The van der Waals surface area contributed by atoms with E-state index in [1.54, 1.807) is 0 Å². The molecule has 0 saturated carbocycles. The van der Waals surface area contributed by atoms with Gasteiger partial charge in [0.05, 0.1) is 5.69 Å².